The molecule has 0 saturated heterocycles. The predicted octanol–water partition coefficient (Wildman–Crippen LogP) is 4.79. The van der Waals surface area contributed by atoms with E-state index in [1.807, 2.05) is 6.07 Å². The van der Waals surface area contributed by atoms with Gasteiger partial charge in [-0.3, -0.25) is 14.8 Å². The van der Waals surface area contributed by atoms with Gasteiger partial charge in [0.25, 0.3) is 0 Å². The minimum absolute atomic E-state index is 0.247. The fourth-order valence-corrected chi connectivity index (χ4v) is 4.55. The van der Waals surface area contributed by atoms with Crippen LogP contribution in [0.25, 0.3) is 27.6 Å². The molecule has 5 rings (SSSR count). The number of nitrogens with zero attached hydrogens (tertiary/aromatic N) is 2. The van der Waals surface area contributed by atoms with Gasteiger partial charge in [0.05, 0.1) is 11.9 Å². The number of carbonyl (C=O) groups is 1. The van der Waals surface area contributed by atoms with Crippen LogP contribution in [-0.4, -0.2) is 29.5 Å². The van der Waals surface area contributed by atoms with Gasteiger partial charge in [-0.25, -0.2) is 0 Å². The van der Waals surface area contributed by atoms with Gasteiger partial charge in [-0.2, -0.15) is 0 Å². The number of hydrogen-bond donors (Lipinski definition) is 0. The molecule has 0 radical (unpaired) electrons. The molecular formula is C25H22N2O2. The zero-order valence-electron chi connectivity index (χ0n) is 16.4. The fraction of sp³-hybridized carbons (Fsp3) is 0.240. The molecule has 1 heterocycles. The fourth-order valence-electron chi connectivity index (χ4n) is 4.55. The average Bonchev–Trinajstić information content (AvgIpc) is 2.78. The first kappa shape index (κ1) is 18.0. The number of carbonyl (C=O) groups excluding carboxylic acids is 1. The summed E-state index contributed by atoms with van der Waals surface area (Å²) in [6, 6.07) is 10.5. The van der Waals surface area contributed by atoms with Crippen molar-refractivity contribution in [3.8, 4) is 11.3 Å². The molecule has 0 saturated carbocycles. The third-order valence-electron chi connectivity index (χ3n) is 6.00. The molecule has 2 aliphatic rings. The molecule has 0 bridgehead atoms. The maximum atomic E-state index is 13.1. The number of Topliss-reactive ketones (excluding diaryl/α,β-unsaturated/α-hetero) is 1. The van der Waals surface area contributed by atoms with E-state index in [2.05, 4.69) is 46.4 Å². The van der Waals surface area contributed by atoms with Gasteiger partial charge in [0, 0.05) is 43.7 Å². The zero-order valence-corrected chi connectivity index (χ0v) is 16.4. The summed E-state index contributed by atoms with van der Waals surface area (Å²) in [5.41, 5.74) is 6.27. The lowest BCUT2D eigenvalue weighted by molar-refractivity contribution is -0.115. The van der Waals surface area contributed by atoms with Crippen molar-refractivity contribution in [1.82, 2.24) is 9.97 Å². The Morgan fingerprint density at radius 3 is 2.86 bits per heavy atom. The molecule has 4 nitrogen and oxygen atoms in total. The monoisotopic (exact) mass is 382 g/mol. The summed E-state index contributed by atoms with van der Waals surface area (Å²) in [7, 11) is 1.72. The maximum absolute atomic E-state index is 13.1. The summed E-state index contributed by atoms with van der Waals surface area (Å²) < 4.78 is 5.22. The summed E-state index contributed by atoms with van der Waals surface area (Å²) in [5, 5.41) is 2.24. The van der Waals surface area contributed by atoms with E-state index in [4.69, 9.17) is 4.74 Å². The molecule has 1 atom stereocenters. The number of fused-ring (bicyclic) bond motifs is 4. The minimum Gasteiger partial charge on any atom is -0.385 e. The van der Waals surface area contributed by atoms with Gasteiger partial charge in [-0.1, -0.05) is 42.5 Å². The molecule has 2 aliphatic carbocycles. The Labute approximate surface area is 170 Å². The number of ether oxygens (including phenoxy) is 1. The van der Waals surface area contributed by atoms with Gasteiger partial charge >= 0.3 is 0 Å². The van der Waals surface area contributed by atoms with E-state index in [1.54, 1.807) is 25.7 Å². The molecular weight excluding hydrogens is 360 g/mol. The Hall–Kier alpha value is -3.11. The predicted molar refractivity (Wildman–Crippen MR) is 114 cm³/mol. The van der Waals surface area contributed by atoms with Crippen molar-refractivity contribution in [2.75, 3.05) is 13.7 Å². The molecule has 144 valence electrons. The molecule has 0 amide bonds. The SMILES string of the molecule is COCCC1C=CC2=C(C1)C(=O)Cc1c2ccc2c(-c3cnccn3)cccc12. The van der Waals surface area contributed by atoms with Gasteiger partial charge < -0.3 is 4.74 Å². The quantitative estimate of drug-likeness (QED) is 0.651. The second-order valence-electron chi connectivity index (χ2n) is 7.68. The van der Waals surface area contributed by atoms with Crippen molar-refractivity contribution in [3.05, 3.63) is 77.8 Å². The molecule has 1 aromatic heterocycles. The molecule has 1 unspecified atom stereocenters. The number of rotatable bonds is 4. The first-order valence-electron chi connectivity index (χ1n) is 10.0. The van der Waals surface area contributed by atoms with E-state index in [0.717, 1.165) is 58.2 Å². The van der Waals surface area contributed by atoms with Crippen LogP contribution in [0.5, 0.6) is 0 Å². The Morgan fingerprint density at radius 1 is 1.10 bits per heavy atom. The van der Waals surface area contributed by atoms with E-state index in [0.29, 0.717) is 12.3 Å². The highest BCUT2D eigenvalue weighted by molar-refractivity contribution is 6.13. The van der Waals surface area contributed by atoms with Crippen LogP contribution in [0.1, 0.15) is 24.0 Å². The maximum Gasteiger partial charge on any atom is 0.163 e. The summed E-state index contributed by atoms with van der Waals surface area (Å²) in [6.45, 7) is 0.720. The summed E-state index contributed by atoms with van der Waals surface area (Å²) >= 11 is 0. The lowest BCUT2D eigenvalue weighted by Crippen LogP contribution is -2.20. The van der Waals surface area contributed by atoms with Gasteiger partial charge in [-0.05, 0) is 46.2 Å². The Kier molecular flexibility index (Phi) is 4.57. The average molecular weight is 382 g/mol. The smallest absolute Gasteiger partial charge is 0.163 e. The van der Waals surface area contributed by atoms with E-state index < -0.39 is 0 Å². The van der Waals surface area contributed by atoms with Crippen molar-refractivity contribution >= 4 is 22.1 Å². The summed E-state index contributed by atoms with van der Waals surface area (Å²) in [6.07, 6.45) is 11.8. The van der Waals surface area contributed by atoms with Gasteiger partial charge in [0.15, 0.2) is 5.78 Å². The molecule has 29 heavy (non-hydrogen) atoms. The molecule has 0 aliphatic heterocycles. The van der Waals surface area contributed by atoms with E-state index in [-0.39, 0.29) is 5.78 Å². The second-order valence-corrected chi connectivity index (χ2v) is 7.68. The number of aromatic nitrogens is 2. The molecule has 4 heteroatoms. The van der Waals surface area contributed by atoms with Crippen molar-refractivity contribution in [2.45, 2.75) is 19.3 Å². The lowest BCUT2D eigenvalue weighted by Gasteiger charge is -2.28. The number of ketones is 1. The number of hydrogen-bond acceptors (Lipinski definition) is 4. The number of allylic oxidation sites excluding steroid dienone is 4. The van der Waals surface area contributed by atoms with E-state index in [9.17, 15) is 4.79 Å². The molecule has 3 aromatic rings. The summed E-state index contributed by atoms with van der Waals surface area (Å²) in [5.74, 6) is 0.625. The van der Waals surface area contributed by atoms with Crippen LogP contribution in [0.3, 0.4) is 0 Å². The number of benzene rings is 2. The summed E-state index contributed by atoms with van der Waals surface area (Å²) in [4.78, 5) is 21.7. The highest BCUT2D eigenvalue weighted by atomic mass is 16.5. The van der Waals surface area contributed by atoms with Gasteiger partial charge in [0.2, 0.25) is 0 Å². The van der Waals surface area contributed by atoms with Crippen molar-refractivity contribution < 1.29 is 9.53 Å². The minimum atomic E-state index is 0.247. The van der Waals surface area contributed by atoms with Crippen LogP contribution >= 0.6 is 0 Å². The first-order valence-corrected chi connectivity index (χ1v) is 10.0. The topological polar surface area (TPSA) is 52.1 Å². The zero-order chi connectivity index (χ0) is 19.8. The second kappa shape index (κ2) is 7.37. The normalized spacial score (nSPS) is 18.1. The highest BCUT2D eigenvalue weighted by Crippen LogP contribution is 2.41. The third kappa shape index (κ3) is 3.10. The lowest BCUT2D eigenvalue weighted by atomic mass is 9.75. The Balaban J connectivity index is 1.62. The van der Waals surface area contributed by atoms with Gasteiger partial charge in [0.1, 0.15) is 0 Å². The third-order valence-corrected chi connectivity index (χ3v) is 6.00. The molecule has 0 spiro atoms. The van der Waals surface area contributed by atoms with E-state index >= 15 is 0 Å². The highest BCUT2D eigenvalue weighted by Gasteiger charge is 2.29. The Morgan fingerprint density at radius 2 is 2.03 bits per heavy atom. The van der Waals surface area contributed by atoms with Crippen LogP contribution in [0, 0.1) is 5.92 Å². The van der Waals surface area contributed by atoms with Crippen LogP contribution in [0.15, 0.2) is 66.6 Å². The molecule has 2 aromatic carbocycles. The molecule has 0 fully saturated rings. The van der Waals surface area contributed by atoms with Crippen LogP contribution in [-0.2, 0) is 16.0 Å². The van der Waals surface area contributed by atoms with Crippen molar-refractivity contribution in [2.24, 2.45) is 5.92 Å². The van der Waals surface area contributed by atoms with Crippen molar-refractivity contribution in [3.63, 3.8) is 0 Å². The standard InChI is InChI=1S/C25H22N2O2/c1-29-12-9-16-5-6-20-19-8-7-18-17(22(19)14-25(28)23(20)13-16)3-2-4-21(18)24-15-26-10-11-27-24/h2-8,10-11,15-16H,9,12-14H2,1H3. The van der Waals surface area contributed by atoms with Crippen LogP contribution in [0.2, 0.25) is 0 Å². The van der Waals surface area contributed by atoms with E-state index in [1.165, 1.54) is 5.56 Å². The number of methoxy groups -OCH3 is 1. The van der Waals surface area contributed by atoms with Crippen LogP contribution < -0.4 is 0 Å². The van der Waals surface area contributed by atoms with Crippen LogP contribution in [0.4, 0.5) is 0 Å². The molecule has 0 N–H and O–H groups in total. The first-order chi connectivity index (χ1) is 14.3. The Bertz CT molecular complexity index is 1160. The largest absolute Gasteiger partial charge is 0.385 e. The van der Waals surface area contributed by atoms with Crippen molar-refractivity contribution in [1.29, 1.82) is 0 Å². The van der Waals surface area contributed by atoms with Gasteiger partial charge in [-0.15, -0.1) is 0 Å².